The zero-order chi connectivity index (χ0) is 10.3. The Morgan fingerprint density at radius 3 is 2.87 bits per heavy atom. The Balaban J connectivity index is 0.00000112. The SMILES string of the molecule is Cc1nn2cc(S(=O)[O-])cnc2c1Cl.[Na+]. The molecule has 1 atom stereocenters. The van der Waals surface area contributed by atoms with E-state index in [2.05, 4.69) is 10.1 Å². The number of fused-ring (bicyclic) bond motifs is 1. The van der Waals surface area contributed by atoms with Crippen molar-refractivity contribution in [2.75, 3.05) is 0 Å². The van der Waals surface area contributed by atoms with Crippen LogP contribution >= 0.6 is 11.6 Å². The summed E-state index contributed by atoms with van der Waals surface area (Å²) < 4.78 is 22.6. The van der Waals surface area contributed by atoms with E-state index >= 15 is 0 Å². The largest absolute Gasteiger partial charge is 1.00 e. The molecule has 74 valence electrons. The molecule has 0 aliphatic rings. The van der Waals surface area contributed by atoms with E-state index in [1.54, 1.807) is 6.92 Å². The molecular formula is C7H5ClN3NaO2S. The van der Waals surface area contributed by atoms with E-state index in [0.29, 0.717) is 16.4 Å². The third-order valence-electron chi connectivity index (χ3n) is 1.74. The summed E-state index contributed by atoms with van der Waals surface area (Å²) in [5.41, 5.74) is 1.08. The van der Waals surface area contributed by atoms with Crippen LogP contribution in [0.25, 0.3) is 5.65 Å². The predicted octanol–water partition coefficient (Wildman–Crippen LogP) is -2.07. The van der Waals surface area contributed by atoms with Crippen LogP contribution in [0.15, 0.2) is 17.3 Å². The first kappa shape index (κ1) is 13.1. The van der Waals surface area contributed by atoms with Gasteiger partial charge >= 0.3 is 29.6 Å². The van der Waals surface area contributed by atoms with Gasteiger partial charge in [0.2, 0.25) is 0 Å². The maximum atomic E-state index is 10.6. The van der Waals surface area contributed by atoms with Gasteiger partial charge in [-0.25, -0.2) is 9.50 Å². The third-order valence-corrected chi connectivity index (χ3v) is 2.78. The van der Waals surface area contributed by atoms with Crippen molar-refractivity contribution in [3.05, 3.63) is 23.1 Å². The van der Waals surface area contributed by atoms with Crippen molar-refractivity contribution in [3.8, 4) is 0 Å². The van der Waals surface area contributed by atoms with Crippen LogP contribution in [-0.4, -0.2) is 23.4 Å². The van der Waals surface area contributed by atoms with Gasteiger partial charge in [-0.15, -0.1) is 0 Å². The fourth-order valence-corrected chi connectivity index (χ4v) is 1.58. The minimum atomic E-state index is -2.30. The van der Waals surface area contributed by atoms with Crippen LogP contribution in [0, 0.1) is 6.92 Å². The maximum absolute atomic E-state index is 10.6. The van der Waals surface area contributed by atoms with Crippen LogP contribution in [-0.2, 0) is 11.1 Å². The van der Waals surface area contributed by atoms with Crippen molar-refractivity contribution in [2.45, 2.75) is 11.8 Å². The van der Waals surface area contributed by atoms with Gasteiger partial charge in [-0.2, -0.15) is 5.10 Å². The van der Waals surface area contributed by atoms with E-state index < -0.39 is 11.1 Å². The van der Waals surface area contributed by atoms with Gasteiger partial charge in [0.1, 0.15) is 5.02 Å². The van der Waals surface area contributed by atoms with Crippen molar-refractivity contribution in [2.24, 2.45) is 0 Å². The number of hydrogen-bond donors (Lipinski definition) is 0. The Bertz CT molecular complexity index is 530. The van der Waals surface area contributed by atoms with Crippen LogP contribution in [0.5, 0.6) is 0 Å². The molecule has 0 aliphatic heterocycles. The van der Waals surface area contributed by atoms with Gasteiger partial charge in [-0.1, -0.05) is 11.6 Å². The third kappa shape index (κ3) is 2.41. The van der Waals surface area contributed by atoms with E-state index in [0.717, 1.165) is 0 Å². The molecule has 0 aromatic carbocycles. The summed E-state index contributed by atoms with van der Waals surface area (Å²) in [7, 11) is 0. The minimum Gasteiger partial charge on any atom is -0.768 e. The first-order valence-electron chi connectivity index (χ1n) is 3.69. The molecule has 2 heterocycles. The molecule has 1 unspecified atom stereocenters. The van der Waals surface area contributed by atoms with Gasteiger partial charge < -0.3 is 4.55 Å². The zero-order valence-corrected chi connectivity index (χ0v) is 11.7. The summed E-state index contributed by atoms with van der Waals surface area (Å²) in [5.74, 6) is 0. The number of nitrogens with zero attached hydrogens (tertiary/aromatic N) is 3. The molecule has 2 aromatic heterocycles. The fourth-order valence-electron chi connectivity index (χ4n) is 1.09. The predicted molar refractivity (Wildman–Crippen MR) is 49.9 cm³/mol. The molecular weight excluding hydrogens is 249 g/mol. The van der Waals surface area contributed by atoms with Gasteiger partial charge in [-0.3, -0.25) is 4.21 Å². The van der Waals surface area contributed by atoms with Gasteiger partial charge in [0.25, 0.3) is 0 Å². The Labute approximate surface area is 115 Å². The Morgan fingerprint density at radius 1 is 1.60 bits per heavy atom. The number of hydrogen-bond acceptors (Lipinski definition) is 4. The van der Waals surface area contributed by atoms with Crippen LogP contribution in [0.4, 0.5) is 0 Å². The molecule has 5 nitrogen and oxygen atoms in total. The Morgan fingerprint density at radius 2 is 2.27 bits per heavy atom. The molecule has 15 heavy (non-hydrogen) atoms. The molecule has 0 saturated carbocycles. The second-order valence-electron chi connectivity index (χ2n) is 2.69. The van der Waals surface area contributed by atoms with Gasteiger partial charge in [0, 0.05) is 12.4 Å². The van der Waals surface area contributed by atoms with Crippen molar-refractivity contribution in [1.29, 1.82) is 0 Å². The number of aryl methyl sites for hydroxylation is 1. The van der Waals surface area contributed by atoms with E-state index in [1.165, 1.54) is 16.9 Å². The summed E-state index contributed by atoms with van der Waals surface area (Å²) in [6, 6.07) is 0. The minimum absolute atomic E-state index is 0. The quantitative estimate of drug-likeness (QED) is 0.433. The number of halogens is 1. The summed E-state index contributed by atoms with van der Waals surface area (Å²) in [6.07, 6.45) is 2.61. The summed E-state index contributed by atoms with van der Waals surface area (Å²) in [4.78, 5) is 3.98. The molecule has 8 heteroatoms. The molecule has 0 amide bonds. The van der Waals surface area contributed by atoms with Crippen LogP contribution in [0.2, 0.25) is 5.02 Å². The van der Waals surface area contributed by atoms with Gasteiger partial charge in [0.05, 0.1) is 10.6 Å². The Hall–Kier alpha value is 0.0200. The van der Waals surface area contributed by atoms with E-state index in [1.807, 2.05) is 0 Å². The number of aromatic nitrogens is 3. The van der Waals surface area contributed by atoms with Crippen molar-refractivity contribution >= 4 is 28.3 Å². The second kappa shape index (κ2) is 4.90. The zero-order valence-electron chi connectivity index (χ0n) is 8.10. The monoisotopic (exact) mass is 253 g/mol. The summed E-state index contributed by atoms with van der Waals surface area (Å²) in [5, 5.41) is 4.44. The summed E-state index contributed by atoms with van der Waals surface area (Å²) in [6.45, 7) is 1.73. The maximum Gasteiger partial charge on any atom is 1.00 e. The van der Waals surface area contributed by atoms with E-state index in [9.17, 15) is 8.76 Å². The van der Waals surface area contributed by atoms with Crippen molar-refractivity contribution < 1.29 is 38.3 Å². The smallest absolute Gasteiger partial charge is 0.768 e. The molecule has 0 N–H and O–H groups in total. The van der Waals surface area contributed by atoms with E-state index in [4.69, 9.17) is 11.6 Å². The number of rotatable bonds is 1. The molecule has 0 aliphatic carbocycles. The van der Waals surface area contributed by atoms with Gasteiger partial charge in [0.15, 0.2) is 5.65 Å². The molecule has 0 radical (unpaired) electrons. The van der Waals surface area contributed by atoms with Crippen molar-refractivity contribution in [1.82, 2.24) is 14.6 Å². The van der Waals surface area contributed by atoms with E-state index in [-0.39, 0.29) is 34.5 Å². The van der Waals surface area contributed by atoms with Crippen LogP contribution < -0.4 is 29.6 Å². The first-order valence-corrected chi connectivity index (χ1v) is 5.14. The molecule has 0 saturated heterocycles. The Kier molecular flexibility index (Phi) is 4.28. The standard InChI is InChI=1S/C7H6ClN3O2S.Na/c1-4-6(8)7-9-2-5(14(12)13)3-11(7)10-4;/h2-3H,1H3,(H,12,13);/q;+1/p-1. The molecule has 0 bridgehead atoms. The van der Waals surface area contributed by atoms with Gasteiger partial charge in [-0.05, 0) is 18.0 Å². The second-order valence-corrected chi connectivity index (χ2v) is 4.01. The molecule has 0 fully saturated rings. The molecule has 2 rings (SSSR count). The molecule has 0 spiro atoms. The topological polar surface area (TPSA) is 70.3 Å². The fraction of sp³-hybridized carbons (Fsp3) is 0.143. The average molecular weight is 254 g/mol. The van der Waals surface area contributed by atoms with Crippen LogP contribution in [0.1, 0.15) is 5.69 Å². The average Bonchev–Trinajstić information content (AvgIpc) is 2.42. The normalized spacial score (nSPS) is 12.5. The molecule has 2 aromatic rings. The summed E-state index contributed by atoms with van der Waals surface area (Å²) >= 11 is 3.57. The van der Waals surface area contributed by atoms with Crippen molar-refractivity contribution in [3.63, 3.8) is 0 Å². The first-order chi connectivity index (χ1) is 6.59. The van der Waals surface area contributed by atoms with Crippen LogP contribution in [0.3, 0.4) is 0 Å².